The third-order valence-electron chi connectivity index (χ3n) is 2.86. The van der Waals surface area contributed by atoms with Gasteiger partial charge in [0.05, 0.1) is 5.69 Å². The molecular weight excluding hydrogens is 300 g/mol. The van der Waals surface area contributed by atoms with E-state index in [9.17, 15) is 8.42 Å². The lowest BCUT2D eigenvalue weighted by Gasteiger charge is -2.19. The number of nitrogens with one attached hydrogen (secondary N) is 1. The van der Waals surface area contributed by atoms with Gasteiger partial charge in [-0.05, 0) is 37.8 Å². The summed E-state index contributed by atoms with van der Waals surface area (Å²) in [4.78, 5) is 4.31. The van der Waals surface area contributed by atoms with Crippen LogP contribution in [0.2, 0.25) is 0 Å². The maximum Gasteiger partial charge on any atom is 0.296 e. The van der Waals surface area contributed by atoms with Crippen molar-refractivity contribution in [3.05, 3.63) is 24.3 Å². The second-order valence-corrected chi connectivity index (χ2v) is 7.54. The molecule has 1 atom stereocenters. The molecule has 0 bridgehead atoms. The van der Waals surface area contributed by atoms with E-state index in [-0.39, 0.29) is 10.9 Å². The molecule has 1 aliphatic heterocycles. The summed E-state index contributed by atoms with van der Waals surface area (Å²) >= 11 is 0. The van der Waals surface area contributed by atoms with E-state index in [2.05, 4.69) is 31.1 Å². The summed E-state index contributed by atoms with van der Waals surface area (Å²) in [5.41, 5.74) is 0.368. The number of para-hydroxylation sites is 1. The highest BCUT2D eigenvalue weighted by Gasteiger charge is 2.17. The monoisotopic (exact) mass is 326 g/mol. The van der Waals surface area contributed by atoms with Gasteiger partial charge in [0, 0.05) is 12.5 Å². The Morgan fingerprint density at radius 1 is 1.27 bits per heavy atom. The molecule has 0 saturated heterocycles. The Kier molecular flexibility index (Phi) is 7.03. The van der Waals surface area contributed by atoms with Gasteiger partial charge in [-0.3, -0.25) is 9.55 Å². The van der Waals surface area contributed by atoms with E-state index in [1.165, 1.54) is 6.07 Å². The van der Waals surface area contributed by atoms with Crippen molar-refractivity contribution in [2.45, 2.75) is 57.9 Å². The fourth-order valence-corrected chi connectivity index (χ4v) is 2.65. The van der Waals surface area contributed by atoms with E-state index in [1.807, 2.05) is 6.92 Å². The Labute approximate surface area is 133 Å². The number of nitrogens with zero attached hydrogens (tertiary/aromatic N) is 1. The van der Waals surface area contributed by atoms with Gasteiger partial charge >= 0.3 is 0 Å². The van der Waals surface area contributed by atoms with Crippen LogP contribution >= 0.6 is 0 Å². The van der Waals surface area contributed by atoms with Crippen molar-refractivity contribution < 1.29 is 13.0 Å². The molecule has 1 aliphatic rings. The first-order valence-corrected chi connectivity index (χ1v) is 9.04. The number of amidine groups is 1. The molecule has 1 aromatic carbocycles. The van der Waals surface area contributed by atoms with Crippen LogP contribution in [-0.4, -0.2) is 24.8 Å². The van der Waals surface area contributed by atoms with Crippen molar-refractivity contribution in [1.29, 1.82) is 0 Å². The molecule has 0 saturated carbocycles. The smallest absolute Gasteiger partial charge is 0.296 e. The lowest BCUT2D eigenvalue weighted by atomic mass is 10.1. The fourth-order valence-electron chi connectivity index (χ4n) is 2.01. The van der Waals surface area contributed by atoms with Crippen LogP contribution in [0.1, 0.15) is 47.0 Å². The highest BCUT2D eigenvalue weighted by atomic mass is 32.2. The van der Waals surface area contributed by atoms with Gasteiger partial charge in [-0.15, -0.1) is 0 Å². The van der Waals surface area contributed by atoms with Gasteiger partial charge < -0.3 is 5.32 Å². The summed E-state index contributed by atoms with van der Waals surface area (Å²) in [5.74, 6) is 1.60. The average Bonchev–Trinajstić information content (AvgIpc) is 2.37. The molecular formula is C16H26N2O3S. The minimum Gasteiger partial charge on any atom is -0.343 e. The van der Waals surface area contributed by atoms with E-state index in [0.717, 1.165) is 31.0 Å². The maximum absolute atomic E-state index is 11.2. The lowest BCUT2D eigenvalue weighted by molar-refractivity contribution is 0.483. The van der Waals surface area contributed by atoms with Gasteiger partial charge in [0.15, 0.2) is 0 Å². The quantitative estimate of drug-likeness (QED) is 0.806. The third kappa shape index (κ3) is 6.58. The molecule has 5 nitrogen and oxygen atoms in total. The summed E-state index contributed by atoms with van der Waals surface area (Å²) < 4.78 is 31.6. The van der Waals surface area contributed by atoms with Gasteiger partial charge in [-0.1, -0.05) is 32.9 Å². The maximum atomic E-state index is 11.2. The highest BCUT2D eigenvalue weighted by Crippen LogP contribution is 2.22. The van der Waals surface area contributed by atoms with E-state index in [1.54, 1.807) is 18.2 Å². The first kappa shape index (κ1) is 18.6. The zero-order valence-corrected chi connectivity index (χ0v) is 14.5. The first-order chi connectivity index (χ1) is 10.2. The van der Waals surface area contributed by atoms with Gasteiger partial charge in [-0.25, -0.2) is 0 Å². The number of hydrogen-bond donors (Lipinski definition) is 2. The van der Waals surface area contributed by atoms with E-state index in [4.69, 9.17) is 4.55 Å². The molecule has 0 aromatic heterocycles. The second kappa shape index (κ2) is 8.29. The summed E-state index contributed by atoms with van der Waals surface area (Å²) in [5, 5.41) is 3.00. The molecule has 0 fully saturated rings. The molecule has 0 amide bonds. The number of rotatable bonds is 2. The van der Waals surface area contributed by atoms with Crippen molar-refractivity contribution in [1.82, 2.24) is 0 Å². The summed E-state index contributed by atoms with van der Waals surface area (Å²) in [6.07, 6.45) is 2.87. The van der Waals surface area contributed by atoms with Crippen molar-refractivity contribution in [3.63, 3.8) is 0 Å². The van der Waals surface area contributed by atoms with Crippen LogP contribution in [0, 0.1) is 5.92 Å². The predicted octanol–water partition coefficient (Wildman–Crippen LogP) is 3.98. The van der Waals surface area contributed by atoms with Gasteiger partial charge in [-0.2, -0.15) is 8.42 Å². The largest absolute Gasteiger partial charge is 0.343 e. The Bertz CT molecular complexity index is 607. The Balaban J connectivity index is 0.000000541. The number of aliphatic imine (C=N–C) groups is 1. The average molecular weight is 326 g/mol. The van der Waals surface area contributed by atoms with Crippen molar-refractivity contribution in [3.8, 4) is 0 Å². The highest BCUT2D eigenvalue weighted by molar-refractivity contribution is 7.86. The molecule has 0 radical (unpaired) electrons. The number of benzene rings is 1. The van der Waals surface area contributed by atoms with E-state index < -0.39 is 10.1 Å². The summed E-state index contributed by atoms with van der Waals surface area (Å²) in [6, 6.07) is 6.51. The number of hydrogen-bond acceptors (Lipinski definition) is 4. The molecule has 2 rings (SSSR count). The molecule has 124 valence electrons. The van der Waals surface area contributed by atoms with Crippen LogP contribution in [0.3, 0.4) is 0 Å². The predicted molar refractivity (Wildman–Crippen MR) is 91.1 cm³/mol. The van der Waals surface area contributed by atoms with Gasteiger partial charge in [0.2, 0.25) is 0 Å². The van der Waals surface area contributed by atoms with Crippen molar-refractivity contribution >= 4 is 21.6 Å². The number of anilines is 1. The van der Waals surface area contributed by atoms with Gasteiger partial charge in [0.1, 0.15) is 10.7 Å². The molecule has 22 heavy (non-hydrogen) atoms. The molecule has 2 N–H and O–H groups in total. The van der Waals surface area contributed by atoms with E-state index >= 15 is 0 Å². The standard InChI is InChI=1S/C12H16N2O3S.C4H10/c1-9-5-4-8-12(13-9)14-10-6-2-3-7-11(10)18(15,16)17;1-4(2)3/h2-3,6-7,9H,4-5,8H2,1H3,(H,13,14)(H,15,16,17);4H,1-3H3. The van der Waals surface area contributed by atoms with Crippen LogP contribution in [-0.2, 0) is 10.1 Å². The third-order valence-corrected chi connectivity index (χ3v) is 3.77. The fraction of sp³-hybridized carbons (Fsp3) is 0.562. The van der Waals surface area contributed by atoms with Crippen LogP contribution in [0.15, 0.2) is 34.2 Å². The van der Waals surface area contributed by atoms with Crippen molar-refractivity contribution in [2.75, 3.05) is 5.32 Å². The van der Waals surface area contributed by atoms with Crippen molar-refractivity contribution in [2.24, 2.45) is 10.9 Å². The van der Waals surface area contributed by atoms with Crippen LogP contribution in [0.5, 0.6) is 0 Å². The molecule has 0 spiro atoms. The Morgan fingerprint density at radius 3 is 2.41 bits per heavy atom. The SMILES string of the molecule is CC(C)C.CC1CCCC(Nc2ccccc2S(=O)(=O)O)=N1. The first-order valence-electron chi connectivity index (χ1n) is 7.60. The zero-order valence-electron chi connectivity index (χ0n) is 13.7. The summed E-state index contributed by atoms with van der Waals surface area (Å²) in [7, 11) is -4.22. The molecule has 6 heteroatoms. The molecule has 1 unspecified atom stereocenters. The lowest BCUT2D eigenvalue weighted by Crippen LogP contribution is -2.21. The Hall–Kier alpha value is -1.40. The Morgan fingerprint density at radius 2 is 1.86 bits per heavy atom. The second-order valence-electron chi connectivity index (χ2n) is 6.15. The van der Waals surface area contributed by atoms with E-state index in [0.29, 0.717) is 5.69 Å². The molecule has 1 aromatic rings. The normalized spacial score (nSPS) is 18.3. The van der Waals surface area contributed by atoms with Crippen LogP contribution < -0.4 is 5.32 Å². The minimum absolute atomic E-state index is 0.120. The summed E-state index contributed by atoms with van der Waals surface area (Å²) in [6.45, 7) is 8.52. The molecule has 0 aliphatic carbocycles. The minimum atomic E-state index is -4.22. The van der Waals surface area contributed by atoms with Gasteiger partial charge in [0.25, 0.3) is 10.1 Å². The molecule has 1 heterocycles. The van der Waals surface area contributed by atoms with Crippen LogP contribution in [0.4, 0.5) is 5.69 Å². The topological polar surface area (TPSA) is 78.8 Å². The zero-order chi connectivity index (χ0) is 16.8. The van der Waals surface area contributed by atoms with Crippen LogP contribution in [0.25, 0.3) is 0 Å².